The lowest BCUT2D eigenvalue weighted by molar-refractivity contribution is 0.313. The molecule has 1 aromatic carbocycles. The van der Waals surface area contributed by atoms with Crippen LogP contribution in [0.25, 0.3) is 10.9 Å². The van der Waals surface area contributed by atoms with Gasteiger partial charge >= 0.3 is 0 Å². The van der Waals surface area contributed by atoms with E-state index in [1.54, 1.807) is 6.08 Å². The molecule has 0 aromatic heterocycles. The average molecular weight is 426 g/mol. The molecule has 0 radical (unpaired) electrons. The van der Waals surface area contributed by atoms with Gasteiger partial charge in [-0.1, -0.05) is 33.8 Å². The molecule has 164 valence electrons. The first-order chi connectivity index (χ1) is 15.1. The monoisotopic (exact) mass is 425 g/mol. The van der Waals surface area contributed by atoms with Gasteiger partial charge in [-0.3, -0.25) is 0 Å². The van der Waals surface area contributed by atoms with Crippen LogP contribution in [0.1, 0.15) is 71.1 Å². The zero-order valence-corrected chi connectivity index (χ0v) is 20.0. The highest BCUT2D eigenvalue weighted by Gasteiger charge is 2.39. The number of nitrogens with zero attached hydrogens (tertiary/aromatic N) is 3. The van der Waals surface area contributed by atoms with Crippen LogP contribution in [0.3, 0.4) is 0 Å². The highest BCUT2D eigenvalue weighted by molar-refractivity contribution is 5.72. The maximum Gasteiger partial charge on any atom is 0.269 e. The van der Waals surface area contributed by atoms with Gasteiger partial charge in [0.15, 0.2) is 0 Å². The summed E-state index contributed by atoms with van der Waals surface area (Å²) >= 11 is 0. The lowest BCUT2D eigenvalue weighted by Crippen LogP contribution is -2.44. The summed E-state index contributed by atoms with van der Waals surface area (Å²) in [5.74, 6) is 1.36. The summed E-state index contributed by atoms with van der Waals surface area (Å²) in [5.41, 5.74) is 7.31. The average Bonchev–Trinajstić information content (AvgIpc) is 2.74. The second-order valence-electron chi connectivity index (χ2n) is 10.4. The minimum Gasteiger partial charge on any atom is -0.462 e. The lowest BCUT2D eigenvalue weighted by atomic mass is 9.69. The number of hydrogen-bond donors (Lipinski definition) is 0. The van der Waals surface area contributed by atoms with Gasteiger partial charge in [0.1, 0.15) is 11.5 Å². The molecule has 0 unspecified atom stereocenters. The van der Waals surface area contributed by atoms with Gasteiger partial charge in [-0.2, -0.15) is 0 Å². The van der Waals surface area contributed by atoms with Crippen molar-refractivity contribution in [1.29, 1.82) is 5.26 Å². The number of anilines is 1. The van der Waals surface area contributed by atoms with Crippen LogP contribution in [0, 0.1) is 17.9 Å². The largest absolute Gasteiger partial charge is 0.462 e. The van der Waals surface area contributed by atoms with Crippen LogP contribution in [0.15, 0.2) is 52.6 Å². The smallest absolute Gasteiger partial charge is 0.269 e. The van der Waals surface area contributed by atoms with E-state index >= 15 is 0 Å². The molecule has 0 atom stereocenters. The van der Waals surface area contributed by atoms with Crippen LogP contribution in [-0.4, -0.2) is 13.1 Å². The highest BCUT2D eigenvalue weighted by atomic mass is 16.5. The minimum atomic E-state index is 0.0952. The summed E-state index contributed by atoms with van der Waals surface area (Å²) in [4.78, 5) is 5.96. The van der Waals surface area contributed by atoms with E-state index in [9.17, 15) is 5.26 Å². The Morgan fingerprint density at radius 1 is 1.09 bits per heavy atom. The molecule has 4 heteroatoms. The fourth-order valence-electron chi connectivity index (χ4n) is 4.93. The minimum absolute atomic E-state index is 0.0952. The Bertz CT molecular complexity index is 1140. The molecule has 3 heterocycles. The van der Waals surface area contributed by atoms with E-state index in [1.807, 2.05) is 26.0 Å². The third-order valence-electron chi connectivity index (χ3n) is 7.32. The van der Waals surface area contributed by atoms with Gasteiger partial charge < -0.3 is 9.64 Å². The van der Waals surface area contributed by atoms with Gasteiger partial charge in [-0.25, -0.2) is 10.1 Å². The first-order valence-electron chi connectivity index (χ1n) is 11.3. The topological polar surface area (TPSA) is 40.6 Å². The van der Waals surface area contributed by atoms with E-state index in [0.29, 0.717) is 11.3 Å². The maximum atomic E-state index is 9.34. The highest BCUT2D eigenvalue weighted by Crippen LogP contribution is 2.49. The van der Waals surface area contributed by atoms with Gasteiger partial charge in [-0.15, -0.1) is 0 Å². The van der Waals surface area contributed by atoms with Crippen LogP contribution in [0.4, 0.5) is 5.69 Å². The molecule has 0 saturated carbocycles. The molecule has 0 fully saturated rings. The summed E-state index contributed by atoms with van der Waals surface area (Å²) in [5, 5.41) is 9.34. The molecule has 0 spiro atoms. The van der Waals surface area contributed by atoms with E-state index in [-0.39, 0.29) is 16.5 Å². The Hall–Kier alpha value is -3.24. The van der Waals surface area contributed by atoms with Gasteiger partial charge in [0.2, 0.25) is 0 Å². The molecule has 1 aromatic rings. The Morgan fingerprint density at radius 3 is 2.22 bits per heavy atom. The number of nitriles is 1. The van der Waals surface area contributed by atoms with Crippen molar-refractivity contribution in [1.82, 2.24) is 0 Å². The fourth-order valence-corrected chi connectivity index (χ4v) is 4.93. The molecule has 0 N–H and O–H groups in total. The summed E-state index contributed by atoms with van der Waals surface area (Å²) < 4.78 is 5.97. The SMILES string of the molecule is [C-]#[N+]/C(C#N)=C1C=C(/C=C/c2cc3c4c(c2)C(C)(C)CCN4CCC3(C)C)OC(C)=C\1C. The van der Waals surface area contributed by atoms with Crippen molar-refractivity contribution in [3.63, 3.8) is 0 Å². The molecule has 3 aliphatic heterocycles. The van der Waals surface area contributed by atoms with Crippen molar-refractivity contribution < 1.29 is 4.74 Å². The van der Waals surface area contributed by atoms with Crippen LogP contribution >= 0.6 is 0 Å². The molecule has 3 aliphatic rings. The van der Waals surface area contributed by atoms with E-state index in [2.05, 4.69) is 55.6 Å². The third-order valence-corrected chi connectivity index (χ3v) is 7.32. The first kappa shape index (κ1) is 22.0. The summed E-state index contributed by atoms with van der Waals surface area (Å²) in [6.07, 6.45) is 8.16. The number of rotatable bonds is 2. The Balaban J connectivity index is 1.79. The van der Waals surface area contributed by atoms with Crippen LogP contribution in [0.2, 0.25) is 0 Å². The molecule has 32 heavy (non-hydrogen) atoms. The molecule has 4 nitrogen and oxygen atoms in total. The van der Waals surface area contributed by atoms with E-state index < -0.39 is 0 Å². The Morgan fingerprint density at radius 2 is 1.69 bits per heavy atom. The number of hydrogen-bond acceptors (Lipinski definition) is 3. The second-order valence-corrected chi connectivity index (χ2v) is 10.4. The van der Waals surface area contributed by atoms with Gasteiger partial charge in [0, 0.05) is 24.4 Å². The van der Waals surface area contributed by atoms with E-state index in [4.69, 9.17) is 11.3 Å². The van der Waals surface area contributed by atoms with Crippen molar-refractivity contribution in [3.05, 3.63) is 80.8 Å². The van der Waals surface area contributed by atoms with Crippen molar-refractivity contribution in [2.75, 3.05) is 18.0 Å². The zero-order valence-electron chi connectivity index (χ0n) is 20.0. The van der Waals surface area contributed by atoms with Gasteiger partial charge in [0.05, 0.1) is 12.6 Å². The van der Waals surface area contributed by atoms with E-state index in [1.165, 1.54) is 16.8 Å². The molecule has 0 bridgehead atoms. The van der Waals surface area contributed by atoms with Crippen molar-refractivity contribution >= 4 is 11.8 Å². The second kappa shape index (κ2) is 7.72. The molecule has 4 rings (SSSR count). The Kier molecular flexibility index (Phi) is 5.30. The molecular formula is C28H31N3O. The summed E-state index contributed by atoms with van der Waals surface area (Å²) in [7, 11) is 0. The van der Waals surface area contributed by atoms with Gasteiger partial charge in [-0.05, 0) is 84.1 Å². The molecule has 0 amide bonds. The fraction of sp³-hybridized carbons (Fsp3) is 0.429. The summed E-state index contributed by atoms with van der Waals surface area (Å²) in [6.45, 7) is 22.7. The molecule has 0 saturated heterocycles. The molecule has 0 aliphatic carbocycles. The maximum absolute atomic E-state index is 9.34. The van der Waals surface area contributed by atoms with E-state index in [0.717, 1.165) is 42.8 Å². The number of benzene rings is 1. The lowest BCUT2D eigenvalue weighted by Gasteiger charge is -2.48. The van der Waals surface area contributed by atoms with Crippen molar-refractivity contribution in [3.8, 4) is 6.07 Å². The summed E-state index contributed by atoms with van der Waals surface area (Å²) in [6, 6.07) is 6.67. The van der Waals surface area contributed by atoms with Gasteiger partial charge in [0.25, 0.3) is 5.70 Å². The van der Waals surface area contributed by atoms with Crippen LogP contribution in [0.5, 0.6) is 0 Å². The quantitative estimate of drug-likeness (QED) is 0.388. The van der Waals surface area contributed by atoms with Crippen LogP contribution in [-0.2, 0) is 15.6 Å². The number of allylic oxidation sites excluding steroid dienone is 6. The standard InChI is InChI=1S/C28H31N3O/c1-18-19(2)32-21(16-22(18)25(17-29)30-7)9-8-20-14-23-26-24(15-20)28(5,6)11-13-31(26)12-10-27(23,3)4/h8-9,14-16H,10-13H2,1-6H3/b9-8+,25-22+. The normalized spacial score (nSPS) is 22.5. The van der Waals surface area contributed by atoms with Crippen molar-refractivity contribution in [2.45, 2.75) is 65.2 Å². The molecular weight excluding hydrogens is 394 g/mol. The number of ether oxygens (including phenoxy) is 1. The first-order valence-corrected chi connectivity index (χ1v) is 11.3. The Labute approximate surface area is 192 Å². The van der Waals surface area contributed by atoms with Crippen molar-refractivity contribution in [2.24, 2.45) is 0 Å². The predicted molar refractivity (Wildman–Crippen MR) is 130 cm³/mol. The van der Waals surface area contributed by atoms with Crippen LogP contribution < -0.4 is 4.90 Å². The predicted octanol–water partition coefficient (Wildman–Crippen LogP) is 6.77. The zero-order chi connectivity index (χ0) is 23.3. The third kappa shape index (κ3) is 3.65.